The summed E-state index contributed by atoms with van der Waals surface area (Å²) in [4.78, 5) is 0. The quantitative estimate of drug-likeness (QED) is 0.844. The van der Waals surface area contributed by atoms with E-state index in [1.54, 1.807) is 4.31 Å². The topological polar surface area (TPSA) is 63.4 Å². The molecule has 0 amide bonds. The first-order chi connectivity index (χ1) is 8.49. The lowest BCUT2D eigenvalue weighted by atomic mass is 9.84. The van der Waals surface area contributed by atoms with Gasteiger partial charge >= 0.3 is 0 Å². The van der Waals surface area contributed by atoms with E-state index in [1.165, 1.54) is 19.3 Å². The van der Waals surface area contributed by atoms with Gasteiger partial charge in [-0.1, -0.05) is 19.3 Å². The van der Waals surface area contributed by atoms with Crippen LogP contribution in [0.1, 0.15) is 45.4 Å². The van der Waals surface area contributed by atoms with Crippen LogP contribution in [0.2, 0.25) is 0 Å². The van der Waals surface area contributed by atoms with E-state index in [9.17, 15) is 8.42 Å². The van der Waals surface area contributed by atoms with E-state index < -0.39 is 10.0 Å². The molecule has 2 unspecified atom stereocenters. The van der Waals surface area contributed by atoms with Crippen molar-refractivity contribution in [1.29, 1.82) is 0 Å². The number of hydrogen-bond donors (Lipinski definition) is 1. The van der Waals surface area contributed by atoms with Crippen molar-refractivity contribution in [2.45, 2.75) is 51.5 Å². The van der Waals surface area contributed by atoms with Gasteiger partial charge in [0.25, 0.3) is 0 Å². The van der Waals surface area contributed by atoms with Crippen LogP contribution in [0.25, 0.3) is 0 Å². The van der Waals surface area contributed by atoms with E-state index in [4.69, 9.17) is 5.73 Å². The summed E-state index contributed by atoms with van der Waals surface area (Å²) >= 11 is 0. The van der Waals surface area contributed by atoms with Crippen molar-refractivity contribution in [3.63, 3.8) is 0 Å². The fourth-order valence-corrected chi connectivity index (χ4v) is 4.60. The maximum Gasteiger partial charge on any atom is 0.214 e. The molecule has 0 aromatic carbocycles. The molecule has 2 atom stereocenters. The average molecular weight is 311 g/mol. The Morgan fingerprint density at radius 1 is 1.26 bits per heavy atom. The highest BCUT2D eigenvalue weighted by Crippen LogP contribution is 2.30. The highest BCUT2D eigenvalue weighted by Gasteiger charge is 2.31. The molecule has 2 N–H and O–H groups in total. The molecule has 2 rings (SSSR count). The Labute approximate surface area is 123 Å². The van der Waals surface area contributed by atoms with Gasteiger partial charge in [-0.15, -0.1) is 12.4 Å². The number of halogens is 1. The molecule has 0 aromatic rings. The minimum Gasteiger partial charge on any atom is -0.328 e. The van der Waals surface area contributed by atoms with Crippen LogP contribution < -0.4 is 5.73 Å². The van der Waals surface area contributed by atoms with Gasteiger partial charge in [0.05, 0.1) is 5.75 Å². The van der Waals surface area contributed by atoms with E-state index in [1.807, 2.05) is 6.92 Å². The first-order valence-corrected chi connectivity index (χ1v) is 8.83. The molecule has 1 aliphatic carbocycles. The summed E-state index contributed by atoms with van der Waals surface area (Å²) in [5.41, 5.74) is 5.90. The Bertz CT molecular complexity index is 369. The van der Waals surface area contributed by atoms with Gasteiger partial charge in [0.1, 0.15) is 0 Å². The molecular formula is C13H27ClN2O2S. The zero-order valence-corrected chi connectivity index (χ0v) is 13.4. The second-order valence-electron chi connectivity index (χ2n) is 6.02. The van der Waals surface area contributed by atoms with E-state index >= 15 is 0 Å². The highest BCUT2D eigenvalue weighted by atomic mass is 35.5. The monoisotopic (exact) mass is 310 g/mol. The molecule has 0 bridgehead atoms. The standard InChI is InChI=1S/C13H26N2O2S.ClH/c1-11(14)13-6-3-8-15(10-13)18(16,17)9-7-12-4-2-5-12;/h11-13H,2-10,14H2,1H3;1H. The lowest BCUT2D eigenvalue weighted by Crippen LogP contribution is -2.45. The minimum absolute atomic E-state index is 0. The third-order valence-corrected chi connectivity index (χ3v) is 6.44. The zero-order chi connectivity index (χ0) is 13.2. The lowest BCUT2D eigenvalue weighted by Gasteiger charge is -2.34. The fraction of sp³-hybridized carbons (Fsp3) is 1.00. The molecular weight excluding hydrogens is 284 g/mol. The number of nitrogens with zero attached hydrogens (tertiary/aromatic N) is 1. The van der Waals surface area contributed by atoms with Gasteiger partial charge in [0, 0.05) is 19.1 Å². The van der Waals surface area contributed by atoms with E-state index in [0.717, 1.165) is 19.3 Å². The smallest absolute Gasteiger partial charge is 0.214 e. The minimum atomic E-state index is -3.04. The van der Waals surface area contributed by atoms with Gasteiger partial charge in [0.15, 0.2) is 0 Å². The summed E-state index contributed by atoms with van der Waals surface area (Å²) in [5, 5.41) is 0. The van der Waals surface area contributed by atoms with Crippen molar-refractivity contribution >= 4 is 22.4 Å². The van der Waals surface area contributed by atoms with Gasteiger partial charge in [-0.05, 0) is 38.0 Å². The molecule has 1 saturated carbocycles. The predicted molar refractivity (Wildman–Crippen MR) is 80.9 cm³/mol. The molecule has 1 aliphatic heterocycles. The number of sulfonamides is 1. The molecule has 1 saturated heterocycles. The van der Waals surface area contributed by atoms with Gasteiger partial charge in [-0.3, -0.25) is 0 Å². The van der Waals surface area contributed by atoms with Gasteiger partial charge < -0.3 is 5.73 Å². The van der Waals surface area contributed by atoms with Gasteiger partial charge in [0.2, 0.25) is 10.0 Å². The molecule has 0 radical (unpaired) electrons. The predicted octanol–water partition coefficient (Wildman–Crippen LogP) is 1.99. The Balaban J connectivity index is 0.00000180. The molecule has 114 valence electrons. The van der Waals surface area contributed by atoms with Crippen LogP contribution in [-0.2, 0) is 10.0 Å². The molecule has 0 aromatic heterocycles. The van der Waals surface area contributed by atoms with E-state index in [2.05, 4.69) is 0 Å². The van der Waals surface area contributed by atoms with Crippen molar-refractivity contribution in [2.24, 2.45) is 17.6 Å². The molecule has 2 fully saturated rings. The summed E-state index contributed by atoms with van der Waals surface area (Å²) in [5.74, 6) is 1.33. The van der Waals surface area contributed by atoms with Crippen LogP contribution >= 0.6 is 12.4 Å². The maximum absolute atomic E-state index is 12.3. The van der Waals surface area contributed by atoms with Crippen molar-refractivity contribution in [3.8, 4) is 0 Å². The maximum atomic E-state index is 12.3. The van der Waals surface area contributed by atoms with Gasteiger partial charge in [-0.2, -0.15) is 0 Å². The van der Waals surface area contributed by atoms with E-state index in [-0.39, 0.29) is 18.4 Å². The summed E-state index contributed by atoms with van der Waals surface area (Å²) < 4.78 is 26.3. The first-order valence-electron chi connectivity index (χ1n) is 7.22. The Kier molecular flexibility index (Phi) is 6.57. The normalized spacial score (nSPS) is 27.4. The molecule has 1 heterocycles. The van der Waals surface area contributed by atoms with Crippen molar-refractivity contribution < 1.29 is 8.42 Å². The van der Waals surface area contributed by atoms with Crippen LogP contribution in [0.15, 0.2) is 0 Å². The number of nitrogens with two attached hydrogens (primary N) is 1. The number of hydrogen-bond acceptors (Lipinski definition) is 3. The highest BCUT2D eigenvalue weighted by molar-refractivity contribution is 7.89. The second kappa shape index (κ2) is 7.25. The third kappa shape index (κ3) is 4.59. The van der Waals surface area contributed by atoms with Crippen molar-refractivity contribution in [1.82, 2.24) is 4.31 Å². The molecule has 2 aliphatic rings. The summed E-state index contributed by atoms with van der Waals surface area (Å²) in [6, 6.07) is 0.0923. The molecule has 6 heteroatoms. The summed E-state index contributed by atoms with van der Waals surface area (Å²) in [6.45, 7) is 3.30. The SMILES string of the molecule is CC(N)C1CCCN(S(=O)(=O)CCC2CCC2)C1.Cl. The number of rotatable bonds is 5. The first kappa shape index (κ1) is 17.2. The fourth-order valence-electron chi connectivity index (χ4n) is 2.88. The average Bonchev–Trinajstić information content (AvgIpc) is 2.27. The largest absolute Gasteiger partial charge is 0.328 e. The van der Waals surface area contributed by atoms with Crippen LogP contribution in [-0.4, -0.2) is 37.6 Å². The van der Waals surface area contributed by atoms with Crippen LogP contribution in [0.4, 0.5) is 0 Å². The van der Waals surface area contributed by atoms with Crippen LogP contribution in [0.5, 0.6) is 0 Å². The van der Waals surface area contributed by atoms with Crippen molar-refractivity contribution in [2.75, 3.05) is 18.8 Å². The summed E-state index contributed by atoms with van der Waals surface area (Å²) in [7, 11) is -3.04. The second-order valence-corrected chi connectivity index (χ2v) is 8.11. The lowest BCUT2D eigenvalue weighted by molar-refractivity contribution is 0.241. The van der Waals surface area contributed by atoms with Crippen LogP contribution in [0.3, 0.4) is 0 Å². The zero-order valence-electron chi connectivity index (χ0n) is 11.8. The summed E-state index contributed by atoms with van der Waals surface area (Å²) in [6.07, 6.45) is 6.58. The van der Waals surface area contributed by atoms with Crippen LogP contribution in [0, 0.1) is 11.8 Å². The number of piperidine rings is 1. The Morgan fingerprint density at radius 3 is 2.47 bits per heavy atom. The van der Waals surface area contributed by atoms with Crippen molar-refractivity contribution in [3.05, 3.63) is 0 Å². The Morgan fingerprint density at radius 2 is 1.95 bits per heavy atom. The van der Waals surface area contributed by atoms with Gasteiger partial charge in [-0.25, -0.2) is 12.7 Å². The third-order valence-electron chi connectivity index (χ3n) is 4.57. The molecule has 19 heavy (non-hydrogen) atoms. The molecule has 4 nitrogen and oxygen atoms in total. The Hall–Kier alpha value is 0.160. The molecule has 0 spiro atoms. The van der Waals surface area contributed by atoms with E-state index in [0.29, 0.717) is 30.7 Å².